The molecule has 21 heavy (non-hydrogen) atoms. The summed E-state index contributed by atoms with van der Waals surface area (Å²) in [5, 5.41) is 11.4. The van der Waals surface area contributed by atoms with E-state index in [1.165, 1.54) is 0 Å². The Labute approximate surface area is 124 Å². The molecule has 0 atom stereocenters. The molecule has 6 nitrogen and oxygen atoms in total. The number of carbonyl (C=O) groups excluding carboxylic acids is 1. The summed E-state index contributed by atoms with van der Waals surface area (Å²) in [5.74, 6) is -0.114. The number of nitrogen functional groups attached to an aromatic ring is 1. The highest BCUT2D eigenvalue weighted by molar-refractivity contribution is 5.96. The lowest BCUT2D eigenvalue weighted by Gasteiger charge is -2.34. The van der Waals surface area contributed by atoms with E-state index in [-0.39, 0.29) is 18.6 Å². The van der Waals surface area contributed by atoms with Crippen molar-refractivity contribution in [2.45, 2.75) is 18.9 Å². The minimum absolute atomic E-state index is 0.0569. The zero-order valence-electron chi connectivity index (χ0n) is 12.3. The molecule has 4 N–H and O–H groups in total. The average molecular weight is 293 g/mol. The van der Waals surface area contributed by atoms with E-state index in [0.29, 0.717) is 17.9 Å². The number of nitrogens with one attached hydrogen (secondary N) is 1. The monoisotopic (exact) mass is 293 g/mol. The van der Waals surface area contributed by atoms with Gasteiger partial charge in [0.2, 0.25) is 0 Å². The third-order valence-electron chi connectivity index (χ3n) is 3.75. The minimum Gasteiger partial charge on any atom is -0.397 e. The average Bonchev–Trinajstić information content (AvgIpc) is 2.53. The van der Waals surface area contributed by atoms with Gasteiger partial charge in [0.05, 0.1) is 30.7 Å². The van der Waals surface area contributed by atoms with Gasteiger partial charge in [0.15, 0.2) is 0 Å². The van der Waals surface area contributed by atoms with Crippen LogP contribution >= 0.6 is 0 Å². The van der Waals surface area contributed by atoms with Crippen molar-refractivity contribution in [1.82, 2.24) is 5.32 Å². The van der Waals surface area contributed by atoms with Gasteiger partial charge in [-0.25, -0.2) is 0 Å². The van der Waals surface area contributed by atoms with Gasteiger partial charge < -0.3 is 25.8 Å². The van der Waals surface area contributed by atoms with Crippen molar-refractivity contribution >= 4 is 17.3 Å². The van der Waals surface area contributed by atoms with E-state index < -0.39 is 0 Å². The number of nitrogens with zero attached hydrogens (tertiary/aromatic N) is 1. The van der Waals surface area contributed by atoms with Gasteiger partial charge in [0.1, 0.15) is 0 Å². The maximum absolute atomic E-state index is 11.7. The molecule has 1 aliphatic rings. The van der Waals surface area contributed by atoms with E-state index in [1.54, 1.807) is 19.2 Å². The summed E-state index contributed by atoms with van der Waals surface area (Å²) in [6, 6.07) is 5.34. The molecule has 0 radical (unpaired) electrons. The van der Waals surface area contributed by atoms with E-state index >= 15 is 0 Å². The van der Waals surface area contributed by atoms with Gasteiger partial charge in [-0.2, -0.15) is 0 Å². The normalized spacial score (nSPS) is 16.0. The Morgan fingerprint density at radius 3 is 2.81 bits per heavy atom. The van der Waals surface area contributed by atoms with Crippen molar-refractivity contribution in [1.29, 1.82) is 0 Å². The second-order valence-corrected chi connectivity index (χ2v) is 5.13. The van der Waals surface area contributed by atoms with Crippen LogP contribution in [0.3, 0.4) is 0 Å². The standard InChI is InChI=1S/C15H23N3O3/c1-17-15(20)11-2-3-13(16)14(10-11)18-6-4-12(5-7-18)21-9-8-19/h2-3,10,12,19H,4-9,16H2,1H3,(H,17,20). The number of benzene rings is 1. The molecule has 0 aromatic heterocycles. The fourth-order valence-electron chi connectivity index (χ4n) is 2.59. The molecule has 1 aromatic rings. The van der Waals surface area contributed by atoms with Crippen molar-refractivity contribution in [3.8, 4) is 0 Å². The first-order valence-corrected chi connectivity index (χ1v) is 7.24. The van der Waals surface area contributed by atoms with E-state index in [0.717, 1.165) is 31.6 Å². The number of amides is 1. The molecule has 1 aliphatic heterocycles. The SMILES string of the molecule is CNC(=O)c1ccc(N)c(N2CCC(OCCO)CC2)c1. The summed E-state index contributed by atoms with van der Waals surface area (Å²) in [4.78, 5) is 13.9. The molecule has 0 aliphatic carbocycles. The van der Waals surface area contributed by atoms with Gasteiger partial charge >= 0.3 is 0 Å². The molecule has 1 fully saturated rings. The maximum Gasteiger partial charge on any atom is 0.251 e. The van der Waals surface area contributed by atoms with E-state index in [2.05, 4.69) is 10.2 Å². The molecule has 1 amide bonds. The van der Waals surface area contributed by atoms with Gasteiger partial charge in [-0.05, 0) is 31.0 Å². The number of rotatable bonds is 5. The summed E-state index contributed by atoms with van der Waals surface area (Å²) in [6.45, 7) is 2.11. The van der Waals surface area contributed by atoms with E-state index in [1.807, 2.05) is 6.07 Å². The Morgan fingerprint density at radius 1 is 1.48 bits per heavy atom. The molecule has 0 bridgehead atoms. The van der Waals surface area contributed by atoms with Crippen molar-refractivity contribution in [2.75, 3.05) is 44.0 Å². The van der Waals surface area contributed by atoms with Gasteiger partial charge in [0.25, 0.3) is 5.91 Å². The summed E-state index contributed by atoms with van der Waals surface area (Å²) in [6.07, 6.45) is 1.98. The van der Waals surface area contributed by atoms with Crippen LogP contribution < -0.4 is 16.0 Å². The number of carbonyl (C=O) groups is 1. The molecular formula is C15H23N3O3. The van der Waals surface area contributed by atoms with Crippen molar-refractivity contribution in [3.05, 3.63) is 23.8 Å². The third-order valence-corrected chi connectivity index (χ3v) is 3.75. The molecule has 1 heterocycles. The Hall–Kier alpha value is -1.79. The first kappa shape index (κ1) is 15.6. The van der Waals surface area contributed by atoms with Gasteiger partial charge in [-0.1, -0.05) is 0 Å². The molecule has 6 heteroatoms. The number of aliphatic hydroxyl groups excluding tert-OH is 1. The first-order chi connectivity index (χ1) is 10.2. The second-order valence-electron chi connectivity index (χ2n) is 5.13. The van der Waals surface area contributed by atoms with E-state index in [4.69, 9.17) is 15.6 Å². The number of nitrogens with two attached hydrogens (primary N) is 1. The van der Waals surface area contributed by atoms with Crippen LogP contribution in [0.25, 0.3) is 0 Å². The highest BCUT2D eigenvalue weighted by Gasteiger charge is 2.21. The van der Waals surface area contributed by atoms with Crippen molar-refractivity contribution in [3.63, 3.8) is 0 Å². The number of hydrogen-bond donors (Lipinski definition) is 3. The lowest BCUT2D eigenvalue weighted by Crippen LogP contribution is -2.37. The van der Waals surface area contributed by atoms with Crippen LogP contribution in [-0.4, -0.2) is 50.5 Å². The van der Waals surface area contributed by atoms with Crippen molar-refractivity contribution < 1.29 is 14.6 Å². The molecular weight excluding hydrogens is 270 g/mol. The lowest BCUT2D eigenvalue weighted by atomic mass is 10.1. The highest BCUT2D eigenvalue weighted by atomic mass is 16.5. The minimum atomic E-state index is -0.114. The maximum atomic E-state index is 11.7. The largest absolute Gasteiger partial charge is 0.397 e. The molecule has 0 unspecified atom stereocenters. The van der Waals surface area contributed by atoms with Crippen LogP contribution in [0.2, 0.25) is 0 Å². The number of aliphatic hydroxyl groups is 1. The predicted molar refractivity (Wildman–Crippen MR) is 82.5 cm³/mol. The van der Waals surface area contributed by atoms with Gasteiger partial charge in [0, 0.05) is 25.7 Å². The fourth-order valence-corrected chi connectivity index (χ4v) is 2.59. The summed E-state index contributed by atoms with van der Waals surface area (Å²) in [7, 11) is 1.61. The first-order valence-electron chi connectivity index (χ1n) is 7.24. The summed E-state index contributed by atoms with van der Waals surface area (Å²) in [5.41, 5.74) is 8.23. The van der Waals surface area contributed by atoms with E-state index in [9.17, 15) is 4.79 Å². The molecule has 1 aromatic carbocycles. The zero-order chi connectivity index (χ0) is 15.2. The van der Waals surface area contributed by atoms with Crippen LogP contribution in [0, 0.1) is 0 Å². The van der Waals surface area contributed by atoms with Gasteiger partial charge in [-0.15, -0.1) is 0 Å². The van der Waals surface area contributed by atoms with Gasteiger partial charge in [-0.3, -0.25) is 4.79 Å². The number of hydrogen-bond acceptors (Lipinski definition) is 5. The Bertz CT molecular complexity index is 485. The smallest absolute Gasteiger partial charge is 0.251 e. The van der Waals surface area contributed by atoms with Crippen LogP contribution in [0.1, 0.15) is 23.2 Å². The number of piperidine rings is 1. The molecule has 0 spiro atoms. The van der Waals surface area contributed by atoms with Crippen LogP contribution in [0.15, 0.2) is 18.2 Å². The Kier molecular flexibility index (Phi) is 5.41. The summed E-state index contributed by atoms with van der Waals surface area (Å²) >= 11 is 0. The summed E-state index contributed by atoms with van der Waals surface area (Å²) < 4.78 is 5.55. The highest BCUT2D eigenvalue weighted by Crippen LogP contribution is 2.28. The number of anilines is 2. The Balaban J connectivity index is 2.04. The zero-order valence-corrected chi connectivity index (χ0v) is 12.3. The number of ether oxygens (including phenoxy) is 1. The van der Waals surface area contributed by atoms with Crippen LogP contribution in [0.4, 0.5) is 11.4 Å². The molecule has 1 saturated heterocycles. The third kappa shape index (κ3) is 3.86. The Morgan fingerprint density at radius 2 is 2.19 bits per heavy atom. The quantitative estimate of drug-likeness (QED) is 0.692. The fraction of sp³-hybridized carbons (Fsp3) is 0.533. The van der Waals surface area contributed by atoms with Crippen LogP contribution in [-0.2, 0) is 4.74 Å². The topological polar surface area (TPSA) is 87.8 Å². The van der Waals surface area contributed by atoms with Crippen LogP contribution in [0.5, 0.6) is 0 Å². The molecule has 116 valence electrons. The van der Waals surface area contributed by atoms with Crippen molar-refractivity contribution in [2.24, 2.45) is 0 Å². The predicted octanol–water partition coefficient (Wildman–Crippen LogP) is 0.606. The lowest BCUT2D eigenvalue weighted by molar-refractivity contribution is 0.0159. The molecule has 0 saturated carbocycles. The molecule has 2 rings (SSSR count). The second kappa shape index (κ2) is 7.28.